The number of anilines is 2. The molecule has 0 saturated carbocycles. The average molecular weight is 402 g/mol. The van der Waals surface area contributed by atoms with E-state index in [1.165, 1.54) is 18.2 Å². The summed E-state index contributed by atoms with van der Waals surface area (Å²) in [6.07, 6.45) is 0.00375. The number of rotatable bonds is 5. The third-order valence-electron chi connectivity index (χ3n) is 3.75. The number of carbonyl (C=O) groups excluding carboxylic acids is 2. The Morgan fingerprint density at radius 1 is 1.21 bits per heavy atom. The molecule has 2 aromatic heterocycles. The second kappa shape index (κ2) is 7.89. The Balaban J connectivity index is 1.58. The van der Waals surface area contributed by atoms with Crippen LogP contribution in [0.25, 0.3) is 0 Å². The molecule has 9 heteroatoms. The molecule has 0 aliphatic rings. The highest BCUT2D eigenvalue weighted by Gasteiger charge is 2.20. The Labute approximate surface area is 165 Å². The van der Waals surface area contributed by atoms with Gasteiger partial charge in [-0.2, -0.15) is 0 Å². The molecule has 1 aromatic carbocycles. The molecule has 0 unspecified atom stereocenters. The van der Waals surface area contributed by atoms with Gasteiger partial charge in [-0.05, 0) is 12.1 Å². The van der Waals surface area contributed by atoms with Gasteiger partial charge in [0.05, 0.1) is 17.7 Å². The maximum atomic E-state index is 13.7. The quantitative estimate of drug-likeness (QED) is 0.672. The minimum atomic E-state index is -0.613. The van der Waals surface area contributed by atoms with Crippen molar-refractivity contribution in [3.8, 4) is 0 Å². The standard InChI is InChI=1S/C19H19FN4O3S/c1-19(2,3)14-9-15(24-27-14)22-16(25)8-11-10-28-18(21-11)23-17(26)12-6-4-5-7-13(12)20/h4-7,9-10H,8H2,1-3H3,(H,21,23,26)(H,22,24,25). The summed E-state index contributed by atoms with van der Waals surface area (Å²) in [6, 6.07) is 7.35. The number of nitrogens with one attached hydrogen (secondary N) is 2. The van der Waals surface area contributed by atoms with Crippen LogP contribution in [0.5, 0.6) is 0 Å². The van der Waals surface area contributed by atoms with E-state index in [0.29, 0.717) is 17.3 Å². The lowest BCUT2D eigenvalue weighted by Crippen LogP contribution is -2.16. The monoisotopic (exact) mass is 402 g/mol. The first-order valence-electron chi connectivity index (χ1n) is 8.50. The van der Waals surface area contributed by atoms with E-state index in [9.17, 15) is 14.0 Å². The van der Waals surface area contributed by atoms with Gasteiger partial charge in [0, 0.05) is 16.9 Å². The predicted octanol–water partition coefficient (Wildman–Crippen LogP) is 4.00. The summed E-state index contributed by atoms with van der Waals surface area (Å²) in [7, 11) is 0. The molecule has 0 aliphatic heterocycles. The van der Waals surface area contributed by atoms with E-state index in [2.05, 4.69) is 20.8 Å². The molecule has 0 fully saturated rings. The van der Waals surface area contributed by atoms with Crippen LogP contribution in [-0.4, -0.2) is 22.0 Å². The third-order valence-corrected chi connectivity index (χ3v) is 4.56. The van der Waals surface area contributed by atoms with Gasteiger partial charge in [0.25, 0.3) is 5.91 Å². The molecule has 0 atom stereocenters. The number of benzene rings is 1. The van der Waals surface area contributed by atoms with Crippen molar-refractivity contribution in [2.24, 2.45) is 0 Å². The van der Waals surface area contributed by atoms with Gasteiger partial charge in [0.15, 0.2) is 10.9 Å². The lowest BCUT2D eigenvalue weighted by molar-refractivity contribution is -0.115. The number of aromatic nitrogens is 2. The van der Waals surface area contributed by atoms with Crippen molar-refractivity contribution in [3.05, 3.63) is 58.5 Å². The van der Waals surface area contributed by atoms with Crippen molar-refractivity contribution in [3.63, 3.8) is 0 Å². The molecule has 3 rings (SSSR count). The zero-order valence-corrected chi connectivity index (χ0v) is 16.4. The Morgan fingerprint density at radius 2 is 1.96 bits per heavy atom. The van der Waals surface area contributed by atoms with Gasteiger partial charge in [0.1, 0.15) is 11.6 Å². The summed E-state index contributed by atoms with van der Waals surface area (Å²) in [5.41, 5.74) is 0.194. The molecular weight excluding hydrogens is 383 g/mol. The molecular formula is C19H19FN4O3S. The summed E-state index contributed by atoms with van der Waals surface area (Å²) in [5.74, 6) is -0.530. The van der Waals surface area contributed by atoms with Crippen LogP contribution in [0.15, 0.2) is 40.2 Å². The van der Waals surface area contributed by atoms with Gasteiger partial charge >= 0.3 is 0 Å². The van der Waals surface area contributed by atoms with Crippen molar-refractivity contribution in [1.82, 2.24) is 10.1 Å². The van der Waals surface area contributed by atoms with Crippen molar-refractivity contribution in [1.29, 1.82) is 0 Å². The van der Waals surface area contributed by atoms with Gasteiger partial charge < -0.3 is 9.84 Å². The number of amides is 2. The highest BCUT2D eigenvalue weighted by molar-refractivity contribution is 7.14. The fourth-order valence-corrected chi connectivity index (χ4v) is 3.00. The molecule has 0 spiro atoms. The summed E-state index contributed by atoms with van der Waals surface area (Å²) in [4.78, 5) is 28.5. The first-order valence-corrected chi connectivity index (χ1v) is 9.37. The van der Waals surface area contributed by atoms with E-state index in [1.807, 2.05) is 20.8 Å². The smallest absolute Gasteiger partial charge is 0.260 e. The number of carbonyl (C=O) groups is 2. The highest BCUT2D eigenvalue weighted by Crippen LogP contribution is 2.24. The van der Waals surface area contributed by atoms with E-state index in [1.54, 1.807) is 17.5 Å². The molecule has 2 N–H and O–H groups in total. The molecule has 0 saturated heterocycles. The number of hydrogen-bond acceptors (Lipinski definition) is 6. The van der Waals surface area contributed by atoms with Crippen LogP contribution in [0.3, 0.4) is 0 Å². The first-order chi connectivity index (χ1) is 13.2. The second-order valence-electron chi connectivity index (χ2n) is 7.13. The van der Waals surface area contributed by atoms with Crippen LogP contribution >= 0.6 is 11.3 Å². The van der Waals surface area contributed by atoms with E-state index < -0.39 is 11.7 Å². The topological polar surface area (TPSA) is 97.1 Å². The zero-order valence-electron chi connectivity index (χ0n) is 15.6. The molecule has 0 radical (unpaired) electrons. The second-order valence-corrected chi connectivity index (χ2v) is 7.99. The fraction of sp³-hybridized carbons (Fsp3) is 0.263. The SMILES string of the molecule is CC(C)(C)c1cc(NC(=O)Cc2csc(NC(=O)c3ccccc3F)n2)no1. The summed E-state index contributed by atoms with van der Waals surface area (Å²) in [6.45, 7) is 5.93. The largest absolute Gasteiger partial charge is 0.359 e. The van der Waals surface area contributed by atoms with Crippen LogP contribution in [0, 0.1) is 5.82 Å². The van der Waals surface area contributed by atoms with Crippen molar-refractivity contribution < 1.29 is 18.5 Å². The first kappa shape index (κ1) is 19.7. The number of hydrogen-bond donors (Lipinski definition) is 2. The van der Waals surface area contributed by atoms with Crippen molar-refractivity contribution >= 4 is 34.1 Å². The minimum Gasteiger partial charge on any atom is -0.359 e. The van der Waals surface area contributed by atoms with Gasteiger partial charge in [-0.3, -0.25) is 14.9 Å². The maximum absolute atomic E-state index is 13.7. The van der Waals surface area contributed by atoms with Gasteiger partial charge in [0.2, 0.25) is 5.91 Å². The van der Waals surface area contributed by atoms with Crippen molar-refractivity contribution in [2.75, 3.05) is 10.6 Å². The molecule has 146 valence electrons. The van der Waals surface area contributed by atoms with Crippen molar-refractivity contribution in [2.45, 2.75) is 32.6 Å². The normalized spacial score (nSPS) is 11.3. The summed E-state index contributed by atoms with van der Waals surface area (Å²) < 4.78 is 18.9. The van der Waals surface area contributed by atoms with Gasteiger partial charge in [-0.25, -0.2) is 9.37 Å². The molecule has 7 nitrogen and oxygen atoms in total. The maximum Gasteiger partial charge on any atom is 0.260 e. The average Bonchev–Trinajstić information content (AvgIpc) is 3.24. The van der Waals surface area contributed by atoms with Crippen LogP contribution in [0.2, 0.25) is 0 Å². The number of halogens is 1. The Kier molecular flexibility index (Phi) is 5.55. The lowest BCUT2D eigenvalue weighted by atomic mass is 9.93. The van der Waals surface area contributed by atoms with Gasteiger partial charge in [-0.1, -0.05) is 38.1 Å². The Hall–Kier alpha value is -3.07. The zero-order chi connectivity index (χ0) is 20.3. The Morgan fingerprint density at radius 3 is 2.64 bits per heavy atom. The minimum absolute atomic E-state index is 0.00375. The van der Waals surface area contributed by atoms with Crippen LogP contribution in [0.4, 0.5) is 15.3 Å². The number of nitrogens with zero attached hydrogens (tertiary/aromatic N) is 2. The van der Waals surface area contributed by atoms with Crippen LogP contribution < -0.4 is 10.6 Å². The molecule has 0 aliphatic carbocycles. The van der Waals surface area contributed by atoms with E-state index in [-0.39, 0.29) is 28.4 Å². The Bertz CT molecular complexity index is 1010. The van der Waals surface area contributed by atoms with E-state index in [0.717, 1.165) is 11.3 Å². The predicted molar refractivity (Wildman–Crippen MR) is 104 cm³/mol. The van der Waals surface area contributed by atoms with Gasteiger partial charge in [-0.15, -0.1) is 11.3 Å². The fourth-order valence-electron chi connectivity index (χ4n) is 2.29. The lowest BCUT2D eigenvalue weighted by Gasteiger charge is -2.11. The van der Waals surface area contributed by atoms with E-state index in [4.69, 9.17) is 4.52 Å². The molecule has 2 heterocycles. The molecule has 28 heavy (non-hydrogen) atoms. The third kappa shape index (κ3) is 4.80. The molecule has 0 bridgehead atoms. The number of thiazole rings is 1. The molecule has 3 aromatic rings. The van der Waals surface area contributed by atoms with Crippen LogP contribution in [0.1, 0.15) is 42.6 Å². The van der Waals surface area contributed by atoms with Crippen LogP contribution in [-0.2, 0) is 16.6 Å². The summed E-state index contributed by atoms with van der Waals surface area (Å²) in [5, 5.41) is 11.0. The van der Waals surface area contributed by atoms with E-state index >= 15 is 0 Å². The highest BCUT2D eigenvalue weighted by atomic mass is 32.1. The molecule has 2 amide bonds. The summed E-state index contributed by atoms with van der Waals surface area (Å²) >= 11 is 1.15.